The lowest BCUT2D eigenvalue weighted by molar-refractivity contribution is -0.140. The maximum Gasteiger partial charge on any atom is 0.331 e. The van der Waals surface area contributed by atoms with Crippen LogP contribution in [0.25, 0.3) is 0 Å². The van der Waals surface area contributed by atoms with E-state index in [1.54, 1.807) is 0 Å². The van der Waals surface area contributed by atoms with Crippen LogP contribution in [0.3, 0.4) is 0 Å². The van der Waals surface area contributed by atoms with Gasteiger partial charge >= 0.3 is 11.9 Å². The fourth-order valence-electron chi connectivity index (χ4n) is 1.09. The van der Waals surface area contributed by atoms with Gasteiger partial charge < -0.3 is 13.9 Å². The maximum atomic E-state index is 11.4. The van der Waals surface area contributed by atoms with Crippen LogP contribution in [-0.2, 0) is 23.5 Å². The van der Waals surface area contributed by atoms with Crippen LogP contribution in [-0.4, -0.2) is 40.1 Å². The molecule has 0 heterocycles. The molecule has 0 radical (unpaired) electrons. The van der Waals surface area contributed by atoms with Crippen molar-refractivity contribution in [3.63, 3.8) is 0 Å². The van der Waals surface area contributed by atoms with Crippen LogP contribution in [0.15, 0.2) is 12.2 Å². The molecule has 0 rings (SSSR count). The van der Waals surface area contributed by atoms with Gasteiger partial charge in [-0.15, -0.1) is 0 Å². The third-order valence-electron chi connectivity index (χ3n) is 3.40. The van der Waals surface area contributed by atoms with Gasteiger partial charge in [0.2, 0.25) is 0 Å². The first-order chi connectivity index (χ1) is 9.60. The average molecular weight is 316 g/mol. The Morgan fingerprint density at radius 3 is 1.86 bits per heavy atom. The Kier molecular flexibility index (Phi) is 8.50. The smallest absolute Gasteiger partial charge is 0.331 e. The molecule has 0 aliphatic rings. The predicted octanol–water partition coefficient (Wildman–Crippen LogP) is 3.06. The number of hydrogen-bond donors (Lipinski definition) is 0. The molecule has 0 aromatic heterocycles. The second kappa shape index (κ2) is 8.99. The molecule has 0 amide bonds. The largest absolute Gasteiger partial charge is 0.463 e. The summed E-state index contributed by atoms with van der Waals surface area (Å²) in [6.45, 7) is 13.5. The minimum Gasteiger partial charge on any atom is -0.463 e. The van der Waals surface area contributed by atoms with Crippen molar-refractivity contribution in [3.05, 3.63) is 12.2 Å². The minimum absolute atomic E-state index is 0.125. The van der Waals surface area contributed by atoms with Crippen molar-refractivity contribution in [1.82, 2.24) is 0 Å². The third-order valence-corrected chi connectivity index (χ3v) is 7.94. The Bertz CT molecular complexity index is 369. The SMILES string of the molecule is CCCOC(=O)/C=C/C(=O)OCCO[Si](C)(C)C(C)(C)C. The molecule has 0 spiro atoms. The van der Waals surface area contributed by atoms with Crippen molar-refractivity contribution in [3.8, 4) is 0 Å². The number of rotatable bonds is 8. The zero-order valence-electron chi connectivity index (χ0n) is 14.0. The maximum absolute atomic E-state index is 11.4. The van der Waals surface area contributed by atoms with Gasteiger partial charge in [-0.05, 0) is 24.6 Å². The molecule has 6 heteroatoms. The first-order valence-electron chi connectivity index (χ1n) is 7.25. The highest BCUT2D eigenvalue weighted by Crippen LogP contribution is 2.36. The summed E-state index contributed by atoms with van der Waals surface area (Å²) in [5.74, 6) is -1.10. The van der Waals surface area contributed by atoms with Crippen LogP contribution in [0.4, 0.5) is 0 Å². The van der Waals surface area contributed by atoms with Gasteiger partial charge in [0.15, 0.2) is 8.32 Å². The number of carbonyl (C=O) groups is 2. The second-order valence-corrected chi connectivity index (χ2v) is 11.1. The van der Waals surface area contributed by atoms with Crippen molar-refractivity contribution in [1.29, 1.82) is 0 Å². The van der Waals surface area contributed by atoms with Gasteiger partial charge in [0.1, 0.15) is 6.61 Å². The van der Waals surface area contributed by atoms with E-state index in [0.717, 1.165) is 18.6 Å². The molecule has 0 atom stereocenters. The highest BCUT2D eigenvalue weighted by atomic mass is 28.4. The summed E-state index contributed by atoms with van der Waals surface area (Å²) in [6, 6.07) is 0. The van der Waals surface area contributed by atoms with Crippen molar-refractivity contribution < 1.29 is 23.5 Å². The highest BCUT2D eigenvalue weighted by molar-refractivity contribution is 6.74. The van der Waals surface area contributed by atoms with Gasteiger partial charge in [-0.2, -0.15) is 0 Å². The van der Waals surface area contributed by atoms with Gasteiger partial charge in [-0.1, -0.05) is 27.7 Å². The molecule has 0 unspecified atom stereocenters. The first kappa shape index (κ1) is 19.9. The molecule has 0 aliphatic carbocycles. The van der Waals surface area contributed by atoms with Crippen LogP contribution < -0.4 is 0 Å². The molecule has 0 saturated heterocycles. The molecular formula is C15H28O5Si. The van der Waals surface area contributed by atoms with E-state index in [2.05, 4.69) is 33.9 Å². The summed E-state index contributed by atoms with van der Waals surface area (Å²) in [6.07, 6.45) is 2.89. The molecule has 0 aromatic rings. The second-order valence-electron chi connectivity index (χ2n) is 6.28. The van der Waals surface area contributed by atoms with Crippen molar-refractivity contribution >= 4 is 20.3 Å². The van der Waals surface area contributed by atoms with E-state index in [-0.39, 0.29) is 11.6 Å². The van der Waals surface area contributed by atoms with E-state index in [0.29, 0.717) is 13.2 Å². The predicted molar refractivity (Wildman–Crippen MR) is 84.5 cm³/mol. The van der Waals surface area contributed by atoms with Crippen LogP contribution in [0.1, 0.15) is 34.1 Å². The third kappa shape index (κ3) is 8.67. The minimum atomic E-state index is -1.81. The molecular weight excluding hydrogens is 288 g/mol. The fraction of sp³-hybridized carbons (Fsp3) is 0.733. The molecule has 0 bridgehead atoms. The topological polar surface area (TPSA) is 61.8 Å². The van der Waals surface area contributed by atoms with E-state index in [9.17, 15) is 9.59 Å². The van der Waals surface area contributed by atoms with Crippen LogP contribution in [0.5, 0.6) is 0 Å². The molecule has 0 fully saturated rings. The zero-order chi connectivity index (χ0) is 16.5. The lowest BCUT2D eigenvalue weighted by Crippen LogP contribution is -2.41. The summed E-state index contributed by atoms with van der Waals surface area (Å²) in [4.78, 5) is 22.5. The quantitative estimate of drug-likeness (QED) is 0.298. The normalized spacial score (nSPS) is 12.5. The van der Waals surface area contributed by atoms with Gasteiger partial charge in [-0.25, -0.2) is 9.59 Å². The van der Waals surface area contributed by atoms with Crippen LogP contribution >= 0.6 is 0 Å². The standard InChI is InChI=1S/C15H28O5Si/c1-7-10-18-13(16)8-9-14(17)19-11-12-20-21(5,6)15(2,3)4/h8-9H,7,10-12H2,1-6H3/b9-8+. The Labute approximate surface area is 128 Å². The monoisotopic (exact) mass is 316 g/mol. The van der Waals surface area contributed by atoms with Gasteiger partial charge in [0, 0.05) is 12.2 Å². The molecule has 0 aliphatic heterocycles. The first-order valence-corrected chi connectivity index (χ1v) is 10.2. The Morgan fingerprint density at radius 2 is 1.43 bits per heavy atom. The summed E-state index contributed by atoms with van der Waals surface area (Å²) < 4.78 is 15.6. The molecule has 0 saturated carbocycles. The van der Waals surface area contributed by atoms with Crippen molar-refractivity contribution in [2.45, 2.75) is 52.2 Å². The Hall–Kier alpha value is -1.14. The van der Waals surface area contributed by atoms with Gasteiger partial charge in [-0.3, -0.25) is 0 Å². The summed E-state index contributed by atoms with van der Waals surface area (Å²) in [5, 5.41) is 0.125. The van der Waals surface area contributed by atoms with E-state index < -0.39 is 20.3 Å². The Balaban J connectivity index is 3.96. The average Bonchev–Trinajstić information content (AvgIpc) is 2.37. The van der Waals surface area contributed by atoms with E-state index in [1.807, 2.05) is 6.92 Å². The van der Waals surface area contributed by atoms with E-state index in [1.165, 1.54) is 0 Å². The number of esters is 2. The van der Waals surface area contributed by atoms with Crippen LogP contribution in [0, 0.1) is 0 Å². The molecule has 122 valence electrons. The molecule has 21 heavy (non-hydrogen) atoms. The van der Waals surface area contributed by atoms with Crippen molar-refractivity contribution in [2.24, 2.45) is 0 Å². The number of ether oxygens (including phenoxy) is 2. The summed E-state index contributed by atoms with van der Waals surface area (Å²) >= 11 is 0. The number of hydrogen-bond acceptors (Lipinski definition) is 5. The summed E-state index contributed by atoms with van der Waals surface area (Å²) in [7, 11) is -1.81. The summed E-state index contributed by atoms with van der Waals surface area (Å²) in [5.41, 5.74) is 0. The number of carbonyl (C=O) groups excluding carboxylic acids is 2. The lowest BCUT2D eigenvalue weighted by Gasteiger charge is -2.36. The highest BCUT2D eigenvalue weighted by Gasteiger charge is 2.36. The molecule has 5 nitrogen and oxygen atoms in total. The molecule has 0 N–H and O–H groups in total. The lowest BCUT2D eigenvalue weighted by atomic mass is 10.2. The Morgan fingerprint density at radius 1 is 0.952 bits per heavy atom. The van der Waals surface area contributed by atoms with E-state index in [4.69, 9.17) is 13.9 Å². The van der Waals surface area contributed by atoms with Gasteiger partial charge in [0.05, 0.1) is 13.2 Å². The molecule has 0 aromatic carbocycles. The fourth-order valence-corrected chi connectivity index (χ4v) is 2.12. The van der Waals surface area contributed by atoms with E-state index >= 15 is 0 Å². The zero-order valence-corrected chi connectivity index (χ0v) is 15.0. The van der Waals surface area contributed by atoms with Crippen molar-refractivity contribution in [2.75, 3.05) is 19.8 Å². The van der Waals surface area contributed by atoms with Crippen LogP contribution in [0.2, 0.25) is 18.1 Å². The van der Waals surface area contributed by atoms with Gasteiger partial charge in [0.25, 0.3) is 0 Å².